The number of halogens is 5. The lowest BCUT2D eigenvalue weighted by molar-refractivity contribution is 0.0767. The van der Waals surface area contributed by atoms with Crippen LogP contribution in [0.5, 0.6) is 0 Å². The zero-order valence-electron chi connectivity index (χ0n) is 4.96. The average molecular weight is 161 g/mol. The molecule has 0 heterocycles. The van der Waals surface area contributed by atoms with E-state index in [9.17, 15) is 22.0 Å². The highest BCUT2D eigenvalue weighted by atomic mass is 19.3. The maximum Gasteiger partial charge on any atom is 0.346 e. The van der Waals surface area contributed by atoms with E-state index in [0.29, 0.717) is 0 Å². The summed E-state index contributed by atoms with van der Waals surface area (Å²) >= 11 is 0. The van der Waals surface area contributed by atoms with Gasteiger partial charge < -0.3 is 0 Å². The number of alkyl halides is 3. The summed E-state index contributed by atoms with van der Waals surface area (Å²) < 4.78 is 57.3. The fourth-order valence-corrected chi connectivity index (χ4v) is 0.387. The lowest BCUT2D eigenvalue weighted by atomic mass is 10.2. The van der Waals surface area contributed by atoms with Crippen LogP contribution in [-0.2, 0) is 0 Å². The molecule has 0 aromatic rings. The summed E-state index contributed by atoms with van der Waals surface area (Å²) in [6, 6.07) is 0. The molecule has 0 nitrogen and oxygen atoms in total. The van der Waals surface area contributed by atoms with Gasteiger partial charge in [0.05, 0.1) is 6.67 Å². The van der Waals surface area contributed by atoms with Gasteiger partial charge in [-0.3, -0.25) is 4.39 Å². The summed E-state index contributed by atoms with van der Waals surface area (Å²) in [4.78, 5) is 0. The Morgan fingerprint density at radius 3 is 2.00 bits per heavy atom. The molecule has 61 valence electrons. The van der Waals surface area contributed by atoms with E-state index in [1.165, 1.54) is 0 Å². The van der Waals surface area contributed by atoms with Crippen molar-refractivity contribution in [3.8, 4) is 0 Å². The van der Waals surface area contributed by atoms with Crippen molar-refractivity contribution in [3.05, 3.63) is 6.43 Å². The van der Waals surface area contributed by atoms with Crippen molar-refractivity contribution < 1.29 is 22.0 Å². The highest BCUT2D eigenvalue weighted by molar-refractivity contribution is 4.81. The Morgan fingerprint density at radius 1 is 1.20 bits per heavy atom. The molecule has 0 amide bonds. The maximum absolute atomic E-state index is 11.9. The van der Waals surface area contributed by atoms with Gasteiger partial charge in [-0.1, -0.05) is 0 Å². The van der Waals surface area contributed by atoms with Crippen molar-refractivity contribution in [2.24, 2.45) is 0 Å². The molecule has 0 spiro atoms. The third-order valence-electron chi connectivity index (χ3n) is 0.911. The molecule has 2 unspecified atom stereocenters. The number of rotatable bonds is 4. The van der Waals surface area contributed by atoms with Gasteiger partial charge in [-0.05, 0) is 0 Å². The van der Waals surface area contributed by atoms with Gasteiger partial charge in [0.2, 0.25) is 6.17 Å². The maximum atomic E-state index is 11.9. The SMILES string of the molecule is FCCC(F)C(F)[C](F)F. The Hall–Kier alpha value is -0.350. The van der Waals surface area contributed by atoms with Gasteiger partial charge in [-0.15, -0.1) is 0 Å². The highest BCUT2D eigenvalue weighted by Crippen LogP contribution is 2.21. The smallest absolute Gasteiger partial charge is 0.251 e. The van der Waals surface area contributed by atoms with Crippen molar-refractivity contribution in [2.45, 2.75) is 18.8 Å². The van der Waals surface area contributed by atoms with Crippen molar-refractivity contribution in [3.63, 3.8) is 0 Å². The molecule has 5 heteroatoms. The van der Waals surface area contributed by atoms with Crippen LogP contribution in [0.2, 0.25) is 0 Å². The summed E-state index contributed by atoms with van der Waals surface area (Å²) in [5.74, 6) is 0. The van der Waals surface area contributed by atoms with E-state index in [2.05, 4.69) is 0 Å². The van der Waals surface area contributed by atoms with E-state index in [4.69, 9.17) is 0 Å². The topological polar surface area (TPSA) is 0 Å². The van der Waals surface area contributed by atoms with Crippen LogP contribution in [0.4, 0.5) is 22.0 Å². The van der Waals surface area contributed by atoms with E-state index >= 15 is 0 Å². The van der Waals surface area contributed by atoms with Crippen molar-refractivity contribution >= 4 is 0 Å². The van der Waals surface area contributed by atoms with Crippen LogP contribution in [0, 0.1) is 6.43 Å². The monoisotopic (exact) mass is 161 g/mol. The van der Waals surface area contributed by atoms with E-state index in [1.54, 1.807) is 0 Å². The van der Waals surface area contributed by atoms with Gasteiger partial charge in [0.25, 0.3) is 0 Å². The predicted molar refractivity (Wildman–Crippen MR) is 25.8 cm³/mol. The molecule has 0 aromatic heterocycles. The molecule has 0 saturated heterocycles. The molecule has 0 aromatic carbocycles. The molecule has 0 fully saturated rings. The van der Waals surface area contributed by atoms with E-state index in [0.717, 1.165) is 0 Å². The van der Waals surface area contributed by atoms with Crippen LogP contribution in [0.25, 0.3) is 0 Å². The van der Waals surface area contributed by atoms with Crippen LogP contribution < -0.4 is 0 Å². The molecule has 0 saturated carbocycles. The number of hydrogen-bond acceptors (Lipinski definition) is 0. The van der Waals surface area contributed by atoms with Gasteiger partial charge in [-0.2, -0.15) is 8.78 Å². The van der Waals surface area contributed by atoms with E-state index < -0.39 is 31.9 Å². The van der Waals surface area contributed by atoms with E-state index in [-0.39, 0.29) is 0 Å². The Balaban J connectivity index is 3.58. The van der Waals surface area contributed by atoms with Crippen LogP contribution in [-0.4, -0.2) is 19.0 Å². The van der Waals surface area contributed by atoms with E-state index in [1.807, 2.05) is 0 Å². The van der Waals surface area contributed by atoms with Gasteiger partial charge in [0.1, 0.15) is 6.17 Å². The second-order valence-electron chi connectivity index (χ2n) is 1.69. The first kappa shape index (κ1) is 9.65. The Morgan fingerprint density at radius 2 is 1.70 bits per heavy atom. The highest BCUT2D eigenvalue weighted by Gasteiger charge is 2.30. The molecule has 0 rings (SSSR count). The summed E-state index contributed by atoms with van der Waals surface area (Å²) in [5.41, 5.74) is 0. The first-order valence-electron chi connectivity index (χ1n) is 2.61. The van der Waals surface area contributed by atoms with Gasteiger partial charge in [0.15, 0.2) is 0 Å². The molecule has 0 aliphatic heterocycles. The first-order chi connectivity index (χ1) is 4.59. The predicted octanol–water partition coefficient (Wildman–Crippen LogP) is 2.45. The normalized spacial score (nSPS) is 17.4. The van der Waals surface area contributed by atoms with Crippen LogP contribution in [0.1, 0.15) is 6.42 Å². The minimum Gasteiger partial charge on any atom is -0.251 e. The first-order valence-corrected chi connectivity index (χ1v) is 2.61. The summed E-state index contributed by atoms with van der Waals surface area (Å²) in [7, 11) is 0. The zero-order chi connectivity index (χ0) is 8.15. The second-order valence-corrected chi connectivity index (χ2v) is 1.69. The van der Waals surface area contributed by atoms with Crippen LogP contribution in [0.3, 0.4) is 0 Å². The fourth-order valence-electron chi connectivity index (χ4n) is 0.387. The largest absolute Gasteiger partial charge is 0.346 e. The zero-order valence-corrected chi connectivity index (χ0v) is 4.96. The standard InChI is InChI=1S/C5H6F5/c6-2-1-3(7)4(8)5(9)10/h3-4H,1-2H2. The minimum absolute atomic E-state index is 0.821. The molecule has 1 radical (unpaired) electrons. The fraction of sp³-hybridized carbons (Fsp3) is 0.800. The third-order valence-corrected chi connectivity index (χ3v) is 0.911. The Labute approximate surface area is 55.0 Å². The molecular formula is C5H6F5. The lowest BCUT2D eigenvalue weighted by Crippen LogP contribution is -2.20. The van der Waals surface area contributed by atoms with Gasteiger partial charge >= 0.3 is 6.43 Å². The van der Waals surface area contributed by atoms with Crippen molar-refractivity contribution in [1.29, 1.82) is 0 Å². The third kappa shape index (κ3) is 2.98. The van der Waals surface area contributed by atoms with Gasteiger partial charge in [-0.25, -0.2) is 8.78 Å². The molecular weight excluding hydrogens is 155 g/mol. The quantitative estimate of drug-likeness (QED) is 0.555. The number of hydrogen-bond donors (Lipinski definition) is 0. The summed E-state index contributed by atoms with van der Waals surface area (Å²) in [5, 5.41) is 0. The molecule has 0 bridgehead atoms. The van der Waals surface area contributed by atoms with Crippen molar-refractivity contribution in [2.75, 3.05) is 6.67 Å². The lowest BCUT2D eigenvalue weighted by Gasteiger charge is -2.08. The summed E-state index contributed by atoms with van der Waals surface area (Å²) in [6.45, 7) is -1.13. The molecule has 0 aliphatic rings. The molecule has 10 heavy (non-hydrogen) atoms. The molecule has 2 atom stereocenters. The summed E-state index contributed by atoms with van der Waals surface area (Å²) in [6.07, 6.45) is -8.81. The van der Waals surface area contributed by atoms with Gasteiger partial charge in [0, 0.05) is 6.42 Å². The van der Waals surface area contributed by atoms with Crippen molar-refractivity contribution in [1.82, 2.24) is 0 Å². The average Bonchev–Trinajstić information content (AvgIpc) is 1.87. The molecule has 0 N–H and O–H groups in total. The minimum atomic E-state index is -2.93. The van der Waals surface area contributed by atoms with Crippen LogP contribution >= 0.6 is 0 Å². The Bertz CT molecular complexity index is 84.1. The van der Waals surface area contributed by atoms with Crippen LogP contribution in [0.15, 0.2) is 0 Å². The second kappa shape index (κ2) is 4.46. The molecule has 0 aliphatic carbocycles. The Kier molecular flexibility index (Phi) is 4.31.